The lowest BCUT2D eigenvalue weighted by Gasteiger charge is -2.16. The minimum Gasteiger partial charge on any atom is -0.520 e. The van der Waals surface area contributed by atoms with Crippen LogP contribution in [0, 0.1) is 0 Å². The summed E-state index contributed by atoms with van der Waals surface area (Å²) in [5.41, 5.74) is 0. The van der Waals surface area contributed by atoms with Crippen molar-refractivity contribution < 1.29 is 18.4 Å². The van der Waals surface area contributed by atoms with E-state index < -0.39 is 16.6 Å². The van der Waals surface area contributed by atoms with Crippen molar-refractivity contribution in [2.45, 2.75) is 52.1 Å². The zero-order chi connectivity index (χ0) is 14.4. The van der Waals surface area contributed by atoms with Crippen molar-refractivity contribution in [1.82, 2.24) is 0 Å². The second kappa shape index (κ2) is 6.89. The van der Waals surface area contributed by atoms with Gasteiger partial charge in [-0.1, -0.05) is 6.08 Å². The molecule has 0 amide bonds. The summed E-state index contributed by atoms with van der Waals surface area (Å²) >= 11 is 0. The van der Waals surface area contributed by atoms with Crippen LogP contribution < -0.4 is 0 Å². The van der Waals surface area contributed by atoms with Gasteiger partial charge < -0.3 is 8.85 Å². The number of allylic oxidation sites excluding steroid dienone is 1. The Morgan fingerprint density at radius 1 is 0.944 bits per heavy atom. The van der Waals surface area contributed by atoms with E-state index >= 15 is 0 Å². The van der Waals surface area contributed by atoms with Crippen LogP contribution >= 0.6 is 0 Å². The predicted molar refractivity (Wildman–Crippen MR) is 77.3 cm³/mol. The molecule has 0 atom stereocenters. The van der Waals surface area contributed by atoms with Gasteiger partial charge >= 0.3 is 5.97 Å². The average molecular weight is 288 g/mol. The second-order valence-electron chi connectivity index (χ2n) is 6.06. The van der Waals surface area contributed by atoms with Crippen molar-refractivity contribution in [2.75, 3.05) is 0 Å². The molecule has 0 bridgehead atoms. The van der Waals surface area contributed by atoms with Gasteiger partial charge in [-0.15, -0.1) is 0 Å². The zero-order valence-corrected chi connectivity index (χ0v) is 14.2. The molecule has 0 aromatic heterocycles. The van der Waals surface area contributed by atoms with Crippen LogP contribution in [0.1, 0.15) is 12.8 Å². The first-order chi connectivity index (χ1) is 7.99. The first-order valence-corrected chi connectivity index (χ1v) is 12.9. The Morgan fingerprint density at radius 2 is 1.44 bits per heavy atom. The van der Waals surface area contributed by atoms with Crippen molar-refractivity contribution in [1.29, 1.82) is 0 Å². The highest BCUT2D eigenvalue weighted by molar-refractivity contribution is 6.71. The van der Waals surface area contributed by atoms with E-state index in [9.17, 15) is 9.59 Å². The zero-order valence-electron chi connectivity index (χ0n) is 12.2. The van der Waals surface area contributed by atoms with Gasteiger partial charge in [0.1, 0.15) is 0 Å². The first kappa shape index (κ1) is 17.1. The van der Waals surface area contributed by atoms with Crippen LogP contribution in [0.4, 0.5) is 0 Å². The van der Waals surface area contributed by atoms with E-state index in [-0.39, 0.29) is 11.9 Å². The van der Waals surface area contributed by atoms with E-state index in [1.807, 2.05) is 39.3 Å². The Hall–Kier alpha value is -0.886. The Kier molecular flexibility index (Phi) is 6.55. The summed E-state index contributed by atoms with van der Waals surface area (Å²) in [6, 6.07) is 0. The molecule has 104 valence electrons. The largest absolute Gasteiger partial charge is 0.520 e. The quantitative estimate of drug-likeness (QED) is 0.557. The lowest BCUT2D eigenvalue weighted by atomic mass is 10.3. The highest BCUT2D eigenvalue weighted by Crippen LogP contribution is 2.07. The smallest absolute Gasteiger partial charge is 0.317 e. The van der Waals surface area contributed by atoms with Gasteiger partial charge in [-0.05, 0) is 45.7 Å². The molecular formula is C12H24O4Si2. The number of rotatable bonds is 6. The van der Waals surface area contributed by atoms with Crippen LogP contribution in [0.25, 0.3) is 0 Å². The summed E-state index contributed by atoms with van der Waals surface area (Å²) in [6.07, 6.45) is 3.86. The van der Waals surface area contributed by atoms with Crippen LogP contribution in [0.3, 0.4) is 0 Å². The lowest BCUT2D eigenvalue weighted by molar-refractivity contribution is -0.135. The van der Waals surface area contributed by atoms with Crippen LogP contribution in [0.5, 0.6) is 0 Å². The SMILES string of the molecule is C[Si](C)(C)OC(=O)/C=C/CCC(=O)O[Si](C)(C)C. The molecule has 0 aromatic carbocycles. The summed E-state index contributed by atoms with van der Waals surface area (Å²) in [6.45, 7) is 11.7. The standard InChI is InChI=1S/C12H24O4Si2/c1-17(2,3)15-11(13)9-7-8-10-12(14)16-18(4,5)6/h7,9H,8,10H2,1-6H3/b9-7+. The maximum atomic E-state index is 11.4. The predicted octanol–water partition coefficient (Wildman–Crippen LogP) is 3.08. The van der Waals surface area contributed by atoms with Gasteiger partial charge in [-0.3, -0.25) is 4.79 Å². The summed E-state index contributed by atoms with van der Waals surface area (Å²) < 4.78 is 10.5. The molecule has 0 fully saturated rings. The average Bonchev–Trinajstić information content (AvgIpc) is 2.06. The second-order valence-corrected chi connectivity index (χ2v) is 14.9. The maximum absolute atomic E-state index is 11.4. The van der Waals surface area contributed by atoms with Crippen molar-refractivity contribution in [3.8, 4) is 0 Å². The third-order valence-corrected chi connectivity index (χ3v) is 3.25. The Bertz CT molecular complexity index is 324. The molecule has 0 aliphatic heterocycles. The molecule has 0 rings (SSSR count). The summed E-state index contributed by atoms with van der Waals surface area (Å²) in [7, 11) is -3.61. The van der Waals surface area contributed by atoms with Crippen LogP contribution in [0.15, 0.2) is 12.2 Å². The molecule has 0 heterocycles. The Labute approximate surface area is 112 Å². The lowest BCUT2D eigenvalue weighted by Crippen LogP contribution is -2.29. The number of hydrogen-bond donors (Lipinski definition) is 0. The van der Waals surface area contributed by atoms with Gasteiger partial charge in [0.05, 0.1) is 0 Å². The summed E-state index contributed by atoms with van der Waals surface area (Å²) in [4.78, 5) is 22.7. The molecule has 18 heavy (non-hydrogen) atoms. The van der Waals surface area contributed by atoms with Crippen molar-refractivity contribution in [2.24, 2.45) is 0 Å². The molecule has 0 unspecified atom stereocenters. The molecule has 6 heteroatoms. The van der Waals surface area contributed by atoms with Crippen molar-refractivity contribution in [3.05, 3.63) is 12.2 Å². The number of carbonyl (C=O) groups excluding carboxylic acids is 2. The van der Waals surface area contributed by atoms with E-state index in [2.05, 4.69) is 0 Å². The molecule has 0 spiro atoms. The van der Waals surface area contributed by atoms with Gasteiger partial charge in [-0.25, -0.2) is 4.79 Å². The Balaban J connectivity index is 3.91. The normalized spacial score (nSPS) is 12.6. The fraction of sp³-hybridized carbons (Fsp3) is 0.667. The van der Waals surface area contributed by atoms with E-state index in [0.29, 0.717) is 12.8 Å². The Morgan fingerprint density at radius 3 is 1.89 bits per heavy atom. The maximum Gasteiger partial charge on any atom is 0.317 e. The van der Waals surface area contributed by atoms with Gasteiger partial charge in [0.25, 0.3) is 5.97 Å². The summed E-state index contributed by atoms with van der Waals surface area (Å²) in [5, 5.41) is 0. The van der Waals surface area contributed by atoms with Crippen LogP contribution in [-0.2, 0) is 18.4 Å². The minimum absolute atomic E-state index is 0.197. The van der Waals surface area contributed by atoms with Crippen LogP contribution in [0.2, 0.25) is 39.3 Å². The first-order valence-electron chi connectivity index (χ1n) is 6.11. The van der Waals surface area contributed by atoms with Gasteiger partial charge in [0, 0.05) is 12.5 Å². The van der Waals surface area contributed by atoms with Crippen LogP contribution in [-0.4, -0.2) is 28.6 Å². The molecule has 0 aliphatic rings. The molecule has 0 saturated carbocycles. The van der Waals surface area contributed by atoms with E-state index in [0.717, 1.165) is 0 Å². The molecular weight excluding hydrogens is 264 g/mol. The number of hydrogen-bond acceptors (Lipinski definition) is 4. The van der Waals surface area contributed by atoms with Gasteiger partial charge in [0.15, 0.2) is 0 Å². The topological polar surface area (TPSA) is 52.6 Å². The molecule has 4 nitrogen and oxygen atoms in total. The number of carbonyl (C=O) groups is 2. The fourth-order valence-corrected chi connectivity index (χ4v) is 2.57. The fourth-order valence-electron chi connectivity index (χ4n) is 1.11. The van der Waals surface area contributed by atoms with Gasteiger partial charge in [0.2, 0.25) is 16.6 Å². The third-order valence-electron chi connectivity index (χ3n) is 1.60. The monoisotopic (exact) mass is 288 g/mol. The summed E-state index contributed by atoms with van der Waals surface area (Å²) in [5.74, 6) is -0.523. The van der Waals surface area contributed by atoms with E-state index in [4.69, 9.17) is 8.85 Å². The van der Waals surface area contributed by atoms with Crippen molar-refractivity contribution >= 4 is 28.6 Å². The molecule has 0 N–H and O–H groups in total. The molecule has 0 saturated heterocycles. The molecule has 0 aliphatic carbocycles. The minimum atomic E-state index is -1.82. The third kappa shape index (κ3) is 11.6. The van der Waals surface area contributed by atoms with E-state index in [1.165, 1.54) is 6.08 Å². The van der Waals surface area contributed by atoms with Gasteiger partial charge in [-0.2, -0.15) is 0 Å². The van der Waals surface area contributed by atoms with Crippen molar-refractivity contribution in [3.63, 3.8) is 0 Å². The molecule has 0 radical (unpaired) electrons. The van der Waals surface area contributed by atoms with E-state index in [1.54, 1.807) is 6.08 Å². The highest BCUT2D eigenvalue weighted by Gasteiger charge is 2.19. The molecule has 0 aromatic rings. The highest BCUT2D eigenvalue weighted by atomic mass is 28.4.